The largest absolute Gasteiger partial charge is 0.382 e. The second-order valence-corrected chi connectivity index (χ2v) is 5.50. The van der Waals surface area contributed by atoms with E-state index < -0.39 is 0 Å². The number of ether oxygens (including phenoxy) is 1. The van der Waals surface area contributed by atoms with Crippen molar-refractivity contribution in [3.8, 4) is 6.07 Å². The highest BCUT2D eigenvalue weighted by Gasteiger charge is 2.24. The van der Waals surface area contributed by atoms with E-state index in [1.165, 1.54) is 6.20 Å². The first-order valence-corrected chi connectivity index (χ1v) is 6.61. The number of nitrogens with zero attached hydrogens (tertiary/aromatic N) is 4. The summed E-state index contributed by atoms with van der Waals surface area (Å²) in [7, 11) is 0. The summed E-state index contributed by atoms with van der Waals surface area (Å²) in [4.78, 5) is 10.6. The number of hydrogen-bond acceptors (Lipinski definition) is 7. The van der Waals surface area contributed by atoms with Crippen LogP contribution in [0.25, 0.3) is 0 Å². The van der Waals surface area contributed by atoms with Crippen molar-refractivity contribution in [2.75, 3.05) is 43.9 Å². The van der Waals surface area contributed by atoms with E-state index in [9.17, 15) is 0 Å². The maximum Gasteiger partial charge on any atom is 0.225 e. The molecule has 0 unspecified atom stereocenters. The van der Waals surface area contributed by atoms with Crippen LogP contribution < -0.4 is 11.1 Å². The van der Waals surface area contributed by atoms with Crippen LogP contribution in [0.5, 0.6) is 0 Å². The second kappa shape index (κ2) is 6.03. The Labute approximate surface area is 118 Å². The van der Waals surface area contributed by atoms with Crippen molar-refractivity contribution in [3.05, 3.63) is 11.8 Å². The van der Waals surface area contributed by atoms with E-state index in [0.29, 0.717) is 11.5 Å². The Kier molecular flexibility index (Phi) is 4.37. The van der Waals surface area contributed by atoms with Crippen molar-refractivity contribution >= 4 is 11.8 Å². The average Bonchev–Trinajstić information content (AvgIpc) is 2.39. The number of nitrogens with one attached hydrogen (secondary N) is 1. The highest BCUT2D eigenvalue weighted by atomic mass is 16.5. The standard InChI is InChI=1S/C13H20N6O/c1-13(2,9-19-3-5-20-6-4-19)18-12-16-8-10(7-14)11(15)17-12/h8H,3-6,9H2,1-2H3,(H3,15,16,17,18). The van der Waals surface area contributed by atoms with Crippen LogP contribution in [0.4, 0.5) is 11.8 Å². The molecule has 0 aromatic carbocycles. The molecule has 7 heteroatoms. The Morgan fingerprint density at radius 2 is 2.20 bits per heavy atom. The van der Waals surface area contributed by atoms with Crippen LogP contribution in [0.3, 0.4) is 0 Å². The van der Waals surface area contributed by atoms with Gasteiger partial charge in [-0.25, -0.2) is 4.98 Å². The summed E-state index contributed by atoms with van der Waals surface area (Å²) in [5.74, 6) is 0.645. The molecule has 1 aliphatic heterocycles. The van der Waals surface area contributed by atoms with Crippen molar-refractivity contribution in [2.24, 2.45) is 0 Å². The fraction of sp³-hybridized carbons (Fsp3) is 0.615. The van der Waals surface area contributed by atoms with Gasteiger partial charge in [0.1, 0.15) is 17.5 Å². The van der Waals surface area contributed by atoms with Crippen LogP contribution in [0.2, 0.25) is 0 Å². The summed E-state index contributed by atoms with van der Waals surface area (Å²) < 4.78 is 5.34. The lowest BCUT2D eigenvalue weighted by atomic mass is 10.0. The van der Waals surface area contributed by atoms with Gasteiger partial charge in [0.15, 0.2) is 0 Å². The van der Waals surface area contributed by atoms with E-state index in [1.807, 2.05) is 6.07 Å². The minimum absolute atomic E-state index is 0.196. The quantitative estimate of drug-likeness (QED) is 0.823. The van der Waals surface area contributed by atoms with E-state index in [2.05, 4.69) is 34.0 Å². The van der Waals surface area contributed by atoms with Crippen molar-refractivity contribution < 1.29 is 4.74 Å². The van der Waals surface area contributed by atoms with Gasteiger partial charge in [-0.2, -0.15) is 10.2 Å². The molecule has 7 nitrogen and oxygen atoms in total. The fourth-order valence-electron chi connectivity index (χ4n) is 2.20. The van der Waals surface area contributed by atoms with Gasteiger partial charge in [0, 0.05) is 25.2 Å². The molecule has 108 valence electrons. The Morgan fingerprint density at radius 3 is 2.80 bits per heavy atom. The molecule has 3 N–H and O–H groups in total. The molecule has 1 fully saturated rings. The van der Waals surface area contributed by atoms with Crippen molar-refractivity contribution in [1.82, 2.24) is 14.9 Å². The molecule has 0 aliphatic carbocycles. The number of nitriles is 1. The first-order valence-electron chi connectivity index (χ1n) is 6.61. The maximum atomic E-state index is 8.81. The Bertz CT molecular complexity index is 504. The molecule has 2 heterocycles. The Hall–Kier alpha value is -1.91. The zero-order chi connectivity index (χ0) is 14.6. The molecule has 0 radical (unpaired) electrons. The lowest BCUT2D eigenvalue weighted by Gasteiger charge is -2.35. The highest BCUT2D eigenvalue weighted by molar-refractivity contribution is 5.50. The zero-order valence-electron chi connectivity index (χ0n) is 11.9. The van der Waals surface area contributed by atoms with Crippen LogP contribution >= 0.6 is 0 Å². The van der Waals surface area contributed by atoms with Gasteiger partial charge in [0.2, 0.25) is 5.95 Å². The molecule has 0 bridgehead atoms. The van der Waals surface area contributed by atoms with E-state index >= 15 is 0 Å². The predicted octanol–water partition coefficient (Wildman–Crippen LogP) is 0.453. The van der Waals surface area contributed by atoms with Gasteiger partial charge in [0.25, 0.3) is 0 Å². The number of rotatable bonds is 4. The summed E-state index contributed by atoms with van der Waals surface area (Å²) in [5.41, 5.74) is 5.79. The molecule has 20 heavy (non-hydrogen) atoms. The van der Waals surface area contributed by atoms with Gasteiger partial charge < -0.3 is 15.8 Å². The van der Waals surface area contributed by atoms with E-state index in [1.54, 1.807) is 0 Å². The highest BCUT2D eigenvalue weighted by Crippen LogP contribution is 2.15. The average molecular weight is 276 g/mol. The van der Waals surface area contributed by atoms with Gasteiger partial charge in [-0.3, -0.25) is 4.90 Å². The SMILES string of the molecule is CC(C)(CN1CCOCC1)Nc1ncc(C#N)c(N)n1. The van der Waals surface area contributed by atoms with Gasteiger partial charge >= 0.3 is 0 Å². The van der Waals surface area contributed by atoms with Crippen LogP contribution in [-0.4, -0.2) is 53.3 Å². The molecule has 1 aliphatic rings. The molecule has 0 amide bonds. The molecule has 2 rings (SSSR count). The zero-order valence-corrected chi connectivity index (χ0v) is 11.9. The monoisotopic (exact) mass is 276 g/mol. The smallest absolute Gasteiger partial charge is 0.225 e. The van der Waals surface area contributed by atoms with Crippen molar-refractivity contribution in [1.29, 1.82) is 5.26 Å². The number of nitrogen functional groups attached to an aromatic ring is 1. The topological polar surface area (TPSA) is 100 Å². The summed E-state index contributed by atoms with van der Waals surface area (Å²) >= 11 is 0. The first-order chi connectivity index (χ1) is 9.50. The number of hydrogen-bond donors (Lipinski definition) is 2. The van der Waals surface area contributed by atoms with E-state index in [0.717, 1.165) is 32.8 Å². The van der Waals surface area contributed by atoms with Crippen LogP contribution in [0, 0.1) is 11.3 Å². The summed E-state index contributed by atoms with van der Waals surface area (Å²) in [6.45, 7) is 8.44. The molecule has 0 saturated carbocycles. The summed E-state index contributed by atoms with van der Waals surface area (Å²) in [6, 6.07) is 1.95. The summed E-state index contributed by atoms with van der Waals surface area (Å²) in [5, 5.41) is 12.1. The third-order valence-corrected chi connectivity index (χ3v) is 3.11. The predicted molar refractivity (Wildman–Crippen MR) is 76.1 cm³/mol. The first kappa shape index (κ1) is 14.5. The van der Waals surface area contributed by atoms with Crippen molar-refractivity contribution in [2.45, 2.75) is 19.4 Å². The van der Waals surface area contributed by atoms with Gasteiger partial charge in [-0.15, -0.1) is 0 Å². The number of anilines is 2. The third-order valence-electron chi connectivity index (χ3n) is 3.11. The van der Waals surface area contributed by atoms with E-state index in [-0.39, 0.29) is 11.4 Å². The van der Waals surface area contributed by atoms with Gasteiger partial charge in [-0.1, -0.05) is 0 Å². The van der Waals surface area contributed by atoms with Gasteiger partial charge in [0.05, 0.1) is 19.4 Å². The minimum Gasteiger partial charge on any atom is -0.382 e. The molecular weight excluding hydrogens is 256 g/mol. The van der Waals surface area contributed by atoms with Crippen molar-refractivity contribution in [3.63, 3.8) is 0 Å². The fourth-order valence-corrected chi connectivity index (χ4v) is 2.20. The molecule has 1 aromatic heterocycles. The van der Waals surface area contributed by atoms with Crippen LogP contribution in [0.15, 0.2) is 6.20 Å². The Balaban J connectivity index is 2.00. The molecule has 0 atom stereocenters. The van der Waals surface area contributed by atoms with Gasteiger partial charge in [-0.05, 0) is 13.8 Å². The molecule has 1 aromatic rings. The number of aromatic nitrogens is 2. The Morgan fingerprint density at radius 1 is 1.50 bits per heavy atom. The summed E-state index contributed by atoms with van der Waals surface area (Å²) in [6.07, 6.45) is 1.44. The lowest BCUT2D eigenvalue weighted by molar-refractivity contribution is 0.0316. The second-order valence-electron chi connectivity index (χ2n) is 5.50. The third kappa shape index (κ3) is 3.79. The molecule has 1 saturated heterocycles. The number of morpholine rings is 1. The van der Waals surface area contributed by atoms with Crippen LogP contribution in [0.1, 0.15) is 19.4 Å². The molecular formula is C13H20N6O. The minimum atomic E-state index is -0.196. The lowest BCUT2D eigenvalue weighted by Crippen LogP contribution is -2.48. The van der Waals surface area contributed by atoms with Crippen LogP contribution in [-0.2, 0) is 4.74 Å². The normalized spacial score (nSPS) is 16.6. The maximum absolute atomic E-state index is 8.81. The number of nitrogens with two attached hydrogens (primary N) is 1. The van der Waals surface area contributed by atoms with E-state index in [4.69, 9.17) is 15.7 Å². The molecule has 0 spiro atoms.